The zero-order chi connectivity index (χ0) is 29.1. The summed E-state index contributed by atoms with van der Waals surface area (Å²) in [6.07, 6.45) is 1.55. The highest BCUT2D eigenvalue weighted by Crippen LogP contribution is 2.61. The van der Waals surface area contributed by atoms with Gasteiger partial charge in [0.1, 0.15) is 18.2 Å². The van der Waals surface area contributed by atoms with E-state index in [0.29, 0.717) is 13.2 Å². The molecule has 0 radical (unpaired) electrons. The third kappa shape index (κ3) is 4.29. The number of hydrogen-bond acceptors (Lipinski definition) is 3. The lowest BCUT2D eigenvalue weighted by Crippen LogP contribution is -2.50. The molecule has 1 saturated carbocycles. The number of carboxylic acids is 1. The molecule has 0 atom stereocenters. The van der Waals surface area contributed by atoms with Gasteiger partial charge in [0, 0.05) is 27.7 Å². The third-order valence-corrected chi connectivity index (χ3v) is 8.86. The molecule has 6 heteroatoms. The van der Waals surface area contributed by atoms with Gasteiger partial charge in [0.25, 0.3) is 0 Å². The van der Waals surface area contributed by atoms with Crippen LogP contribution in [0, 0.1) is 5.82 Å². The quantitative estimate of drug-likeness (QED) is 0.227. The van der Waals surface area contributed by atoms with Gasteiger partial charge in [-0.2, -0.15) is 0 Å². The Kier molecular flexibility index (Phi) is 6.21. The van der Waals surface area contributed by atoms with E-state index in [0.717, 1.165) is 57.6 Å². The molecule has 7 rings (SSSR count). The van der Waals surface area contributed by atoms with Crippen LogP contribution < -0.4 is 4.74 Å². The zero-order valence-electron chi connectivity index (χ0n) is 23.6. The Morgan fingerprint density at radius 2 is 1.67 bits per heavy atom. The van der Waals surface area contributed by atoms with E-state index in [4.69, 9.17) is 9.47 Å². The topological polar surface area (TPSA) is 60.7 Å². The Labute approximate surface area is 244 Å². The highest BCUT2D eigenvalue weighted by molar-refractivity contribution is 5.94. The minimum Gasteiger partial charge on any atom is -0.488 e. The summed E-state index contributed by atoms with van der Waals surface area (Å²) in [4.78, 5) is 11.4. The van der Waals surface area contributed by atoms with Crippen molar-refractivity contribution in [3.05, 3.63) is 131 Å². The van der Waals surface area contributed by atoms with Crippen LogP contribution in [-0.4, -0.2) is 22.2 Å². The molecule has 1 aliphatic heterocycles. The van der Waals surface area contributed by atoms with Crippen LogP contribution in [0.5, 0.6) is 5.75 Å². The standard InChI is InChI=1S/C36H32FNO4/c1-35(2)22-42-36(19-26(20-36)24-11-13-25(14-12-24)34(39)40)32-31-29(38(33(32)35)28-17-15-27(37)16-18-28)9-6-10-30(31)41-21-23-7-4-3-5-8-23/h3-18,26H,19-22H2,1-2H3,(H,39,40). The molecule has 42 heavy (non-hydrogen) atoms. The fourth-order valence-corrected chi connectivity index (χ4v) is 6.76. The number of aromatic carboxylic acids is 1. The molecule has 0 bridgehead atoms. The second-order valence-corrected chi connectivity index (χ2v) is 12.2. The SMILES string of the molecule is CC1(C)COC2(CC(c3ccc(C(=O)O)cc3)C2)c2c1n(-c1ccc(F)cc1)c1cccc(OCc3ccccc3)c21. The van der Waals surface area contributed by atoms with Crippen molar-refractivity contribution in [3.63, 3.8) is 0 Å². The second-order valence-electron chi connectivity index (χ2n) is 12.2. The summed E-state index contributed by atoms with van der Waals surface area (Å²) in [7, 11) is 0. The molecule has 1 fully saturated rings. The van der Waals surface area contributed by atoms with Crippen molar-refractivity contribution in [2.24, 2.45) is 0 Å². The van der Waals surface area contributed by atoms with Crippen molar-refractivity contribution in [1.29, 1.82) is 0 Å². The molecule has 0 saturated heterocycles. The number of aromatic nitrogens is 1. The van der Waals surface area contributed by atoms with Crippen LogP contribution in [0.1, 0.15) is 65.3 Å². The molecule has 2 aliphatic rings. The lowest BCUT2D eigenvalue weighted by Gasteiger charge is -2.53. The fourth-order valence-electron chi connectivity index (χ4n) is 6.76. The Bertz CT molecular complexity index is 1780. The van der Waals surface area contributed by atoms with Crippen molar-refractivity contribution in [1.82, 2.24) is 4.57 Å². The molecule has 1 spiro atoms. The van der Waals surface area contributed by atoms with Crippen LogP contribution in [0.15, 0.2) is 97.1 Å². The number of rotatable bonds is 6. The Morgan fingerprint density at radius 1 is 0.952 bits per heavy atom. The van der Waals surface area contributed by atoms with Crippen LogP contribution in [0.4, 0.5) is 4.39 Å². The van der Waals surface area contributed by atoms with E-state index in [1.54, 1.807) is 12.1 Å². The zero-order valence-corrected chi connectivity index (χ0v) is 23.6. The van der Waals surface area contributed by atoms with Crippen LogP contribution in [-0.2, 0) is 22.4 Å². The van der Waals surface area contributed by atoms with Crippen LogP contribution in [0.3, 0.4) is 0 Å². The van der Waals surface area contributed by atoms with Crippen LogP contribution >= 0.6 is 0 Å². The van der Waals surface area contributed by atoms with Crippen molar-refractivity contribution in [3.8, 4) is 11.4 Å². The van der Waals surface area contributed by atoms with E-state index >= 15 is 0 Å². The monoisotopic (exact) mass is 561 g/mol. The number of halogens is 1. The van der Waals surface area contributed by atoms with Gasteiger partial charge >= 0.3 is 5.97 Å². The number of carboxylic acid groups (broad SMARTS) is 1. The van der Waals surface area contributed by atoms with E-state index in [1.165, 1.54) is 12.1 Å². The Balaban J connectivity index is 1.39. The van der Waals surface area contributed by atoms with Crippen LogP contribution in [0.2, 0.25) is 0 Å². The Morgan fingerprint density at radius 3 is 2.36 bits per heavy atom. The van der Waals surface area contributed by atoms with Crippen molar-refractivity contribution < 1.29 is 23.8 Å². The van der Waals surface area contributed by atoms with E-state index < -0.39 is 11.6 Å². The molecule has 5 nitrogen and oxygen atoms in total. The Hall–Kier alpha value is -4.42. The fraction of sp³-hybridized carbons (Fsp3) is 0.250. The minimum atomic E-state index is -0.925. The number of fused-ring (bicyclic) bond motifs is 4. The van der Waals surface area contributed by atoms with Gasteiger partial charge in [-0.05, 0) is 78.4 Å². The molecule has 212 valence electrons. The first-order valence-electron chi connectivity index (χ1n) is 14.3. The summed E-state index contributed by atoms with van der Waals surface area (Å²) in [5, 5.41) is 10.4. The van der Waals surface area contributed by atoms with Gasteiger partial charge in [-0.1, -0.05) is 62.4 Å². The second kappa shape index (κ2) is 9.85. The van der Waals surface area contributed by atoms with Gasteiger partial charge in [0.15, 0.2) is 0 Å². The molecule has 1 aliphatic carbocycles. The lowest BCUT2D eigenvalue weighted by atomic mass is 9.61. The lowest BCUT2D eigenvalue weighted by molar-refractivity contribution is -0.143. The third-order valence-electron chi connectivity index (χ3n) is 8.86. The summed E-state index contributed by atoms with van der Waals surface area (Å²) >= 11 is 0. The van der Waals surface area contributed by atoms with E-state index in [9.17, 15) is 14.3 Å². The normalized spacial score (nSPS) is 20.7. The van der Waals surface area contributed by atoms with Crippen LogP contribution in [0.25, 0.3) is 16.6 Å². The van der Waals surface area contributed by atoms with Crippen molar-refractivity contribution >= 4 is 16.9 Å². The molecule has 0 amide bonds. The number of hydrogen-bond donors (Lipinski definition) is 1. The maximum absolute atomic E-state index is 14.0. The summed E-state index contributed by atoms with van der Waals surface area (Å²) in [6, 6.07) is 30.1. The number of nitrogens with zero attached hydrogens (tertiary/aromatic N) is 1. The summed E-state index contributed by atoms with van der Waals surface area (Å²) in [5.41, 5.74) is 5.84. The maximum Gasteiger partial charge on any atom is 0.335 e. The van der Waals surface area contributed by atoms with E-state index in [2.05, 4.69) is 36.6 Å². The number of benzene rings is 4. The van der Waals surface area contributed by atoms with Gasteiger partial charge in [-0.3, -0.25) is 0 Å². The van der Waals surface area contributed by atoms with Gasteiger partial charge < -0.3 is 19.1 Å². The largest absolute Gasteiger partial charge is 0.488 e. The molecule has 5 aromatic rings. The predicted molar refractivity (Wildman–Crippen MR) is 160 cm³/mol. The molecule has 0 unspecified atom stereocenters. The van der Waals surface area contributed by atoms with E-state index in [-0.39, 0.29) is 22.7 Å². The molecule has 1 N–H and O–H groups in total. The highest BCUT2D eigenvalue weighted by Gasteiger charge is 2.55. The first-order chi connectivity index (χ1) is 20.3. The molecule has 4 aromatic carbocycles. The minimum absolute atomic E-state index is 0.239. The number of carbonyl (C=O) groups is 1. The first-order valence-corrected chi connectivity index (χ1v) is 14.3. The predicted octanol–water partition coefficient (Wildman–Crippen LogP) is 8.13. The molecular weight excluding hydrogens is 529 g/mol. The maximum atomic E-state index is 14.0. The first kappa shape index (κ1) is 26.5. The van der Waals surface area contributed by atoms with Gasteiger partial charge in [-0.15, -0.1) is 0 Å². The molecule has 2 heterocycles. The molecule has 1 aromatic heterocycles. The van der Waals surface area contributed by atoms with E-state index in [1.807, 2.05) is 54.6 Å². The molecular formula is C36H32FNO4. The summed E-state index contributed by atoms with van der Waals surface area (Å²) in [5.74, 6) is -0.163. The highest BCUT2D eigenvalue weighted by atomic mass is 19.1. The van der Waals surface area contributed by atoms with Gasteiger partial charge in [0.2, 0.25) is 0 Å². The van der Waals surface area contributed by atoms with Crippen molar-refractivity contribution in [2.75, 3.05) is 6.61 Å². The van der Waals surface area contributed by atoms with Gasteiger partial charge in [-0.25, -0.2) is 9.18 Å². The smallest absolute Gasteiger partial charge is 0.335 e. The average Bonchev–Trinajstić information content (AvgIpc) is 3.34. The summed E-state index contributed by atoms with van der Waals surface area (Å²) < 4.78 is 29.7. The van der Waals surface area contributed by atoms with Crippen molar-refractivity contribution in [2.45, 2.75) is 50.2 Å². The average molecular weight is 562 g/mol. The van der Waals surface area contributed by atoms with Gasteiger partial charge in [0.05, 0.1) is 23.3 Å². The number of ether oxygens (including phenoxy) is 2. The summed E-state index contributed by atoms with van der Waals surface area (Å²) in [6.45, 7) is 5.38.